The lowest BCUT2D eigenvalue weighted by Crippen LogP contribution is -2.00. The highest BCUT2D eigenvalue weighted by atomic mass is 35.5. The molecule has 0 radical (unpaired) electrons. The largest absolute Gasteiger partial charge is 0.338 e. The second-order valence-electron chi connectivity index (χ2n) is 4.22. The molecular weight excluding hydrogens is 208 g/mol. The van der Waals surface area contributed by atoms with Crippen molar-refractivity contribution in [1.82, 2.24) is 9.55 Å². The van der Waals surface area contributed by atoms with Gasteiger partial charge in [-0.1, -0.05) is 18.1 Å². The van der Waals surface area contributed by atoms with Crippen LogP contribution in [0.4, 0.5) is 0 Å². The average Bonchev–Trinajstić information content (AvgIpc) is 2.48. The Morgan fingerprint density at radius 2 is 2.40 bits per heavy atom. The minimum absolute atomic E-state index is 0.225. The summed E-state index contributed by atoms with van der Waals surface area (Å²) in [4.78, 5) is 4.34. The Bertz CT molecular complexity index is 354. The maximum Gasteiger partial charge on any atom is 0.112 e. The lowest BCUT2D eigenvalue weighted by atomic mass is 10.1. The van der Waals surface area contributed by atoms with Crippen molar-refractivity contribution < 1.29 is 0 Å². The van der Waals surface area contributed by atoms with E-state index in [9.17, 15) is 0 Å². The van der Waals surface area contributed by atoms with Gasteiger partial charge >= 0.3 is 0 Å². The first kappa shape index (κ1) is 10.7. The summed E-state index contributed by atoms with van der Waals surface area (Å²) < 4.78 is 2.08. The van der Waals surface area contributed by atoms with Gasteiger partial charge in [-0.3, -0.25) is 0 Å². The monoisotopic (exact) mass is 224 g/mol. The van der Waals surface area contributed by atoms with Gasteiger partial charge in [0.05, 0.1) is 5.38 Å². The summed E-state index contributed by atoms with van der Waals surface area (Å²) in [5, 5.41) is 0.225. The van der Waals surface area contributed by atoms with Gasteiger partial charge in [0, 0.05) is 25.9 Å². The van der Waals surface area contributed by atoms with Gasteiger partial charge in [0.25, 0.3) is 0 Å². The van der Waals surface area contributed by atoms with Gasteiger partial charge < -0.3 is 4.57 Å². The average molecular weight is 225 g/mol. The predicted octanol–water partition coefficient (Wildman–Crippen LogP) is 3.07. The Kier molecular flexibility index (Phi) is 3.47. The van der Waals surface area contributed by atoms with Crippen molar-refractivity contribution in [3.05, 3.63) is 29.9 Å². The van der Waals surface area contributed by atoms with E-state index in [0.29, 0.717) is 0 Å². The van der Waals surface area contributed by atoms with Crippen molar-refractivity contribution in [3.8, 4) is 0 Å². The van der Waals surface area contributed by atoms with Gasteiger partial charge in [-0.05, 0) is 19.3 Å². The van der Waals surface area contributed by atoms with Crippen LogP contribution < -0.4 is 0 Å². The van der Waals surface area contributed by atoms with Crippen LogP contribution in [-0.2, 0) is 13.5 Å². The van der Waals surface area contributed by atoms with Gasteiger partial charge in [-0.15, -0.1) is 11.6 Å². The summed E-state index contributed by atoms with van der Waals surface area (Å²) >= 11 is 6.19. The molecular formula is C12H17ClN2. The molecule has 0 bridgehead atoms. The molecule has 15 heavy (non-hydrogen) atoms. The normalized spacial score (nSPS) is 22.3. The van der Waals surface area contributed by atoms with Crippen molar-refractivity contribution in [2.24, 2.45) is 7.05 Å². The molecule has 0 saturated carbocycles. The zero-order chi connectivity index (χ0) is 10.7. The van der Waals surface area contributed by atoms with E-state index in [1.54, 1.807) is 0 Å². The molecule has 0 amide bonds. The summed E-state index contributed by atoms with van der Waals surface area (Å²) in [6.45, 7) is 0. The number of hydrogen-bond donors (Lipinski definition) is 0. The van der Waals surface area contributed by atoms with Gasteiger partial charge in [0.15, 0.2) is 0 Å². The molecule has 2 nitrogen and oxygen atoms in total. The second-order valence-corrected chi connectivity index (χ2v) is 4.78. The van der Waals surface area contributed by atoms with Crippen LogP contribution in [0.3, 0.4) is 0 Å². The Hall–Kier alpha value is -0.760. The molecule has 0 aliphatic heterocycles. The van der Waals surface area contributed by atoms with Crippen LogP contribution in [0.5, 0.6) is 0 Å². The van der Waals surface area contributed by atoms with Crippen molar-refractivity contribution in [2.75, 3.05) is 0 Å². The topological polar surface area (TPSA) is 17.8 Å². The molecule has 2 rings (SSSR count). The highest BCUT2D eigenvalue weighted by molar-refractivity contribution is 6.21. The molecule has 0 spiro atoms. The molecule has 0 aromatic carbocycles. The van der Waals surface area contributed by atoms with E-state index in [4.69, 9.17) is 11.6 Å². The molecule has 0 fully saturated rings. The third kappa shape index (κ3) is 2.85. The Morgan fingerprint density at radius 3 is 3.13 bits per heavy atom. The lowest BCUT2D eigenvalue weighted by molar-refractivity contribution is 0.703. The molecule has 0 N–H and O–H groups in total. The number of halogens is 1. The van der Waals surface area contributed by atoms with Crippen molar-refractivity contribution in [1.29, 1.82) is 0 Å². The zero-order valence-electron chi connectivity index (χ0n) is 9.12. The number of rotatable bonds is 2. The second kappa shape index (κ2) is 4.84. The standard InChI is InChI=1S/C12H17ClN2/c1-15-7-6-14-12(15)9-10-4-2-3-5-11(13)8-10/h6-8,11H,2-5,9H2,1H3. The minimum atomic E-state index is 0.225. The number of imidazole rings is 1. The van der Waals surface area contributed by atoms with Crippen LogP contribution in [0, 0.1) is 0 Å². The predicted molar refractivity (Wildman–Crippen MR) is 63.1 cm³/mol. The summed E-state index contributed by atoms with van der Waals surface area (Å²) in [6, 6.07) is 0. The van der Waals surface area contributed by atoms with Gasteiger partial charge in [0.1, 0.15) is 5.82 Å². The number of aromatic nitrogens is 2. The van der Waals surface area contributed by atoms with Crippen molar-refractivity contribution >= 4 is 11.6 Å². The number of nitrogens with zero attached hydrogens (tertiary/aromatic N) is 2. The van der Waals surface area contributed by atoms with E-state index < -0.39 is 0 Å². The SMILES string of the molecule is Cn1ccnc1CC1=CC(Cl)CCCC1. The van der Waals surface area contributed by atoms with E-state index in [-0.39, 0.29) is 5.38 Å². The molecule has 1 aromatic rings. The van der Waals surface area contributed by atoms with Gasteiger partial charge in [-0.25, -0.2) is 4.98 Å². The van der Waals surface area contributed by atoms with Crippen LogP contribution >= 0.6 is 11.6 Å². The number of aryl methyl sites for hydroxylation is 1. The maximum atomic E-state index is 6.19. The molecule has 0 saturated heterocycles. The fourth-order valence-corrected chi connectivity index (χ4v) is 2.36. The molecule has 3 heteroatoms. The van der Waals surface area contributed by atoms with Crippen LogP contribution in [0.15, 0.2) is 24.0 Å². The van der Waals surface area contributed by atoms with Crippen LogP contribution in [0.1, 0.15) is 31.5 Å². The van der Waals surface area contributed by atoms with E-state index in [0.717, 1.165) is 18.7 Å². The first-order chi connectivity index (χ1) is 7.25. The molecule has 1 aliphatic rings. The van der Waals surface area contributed by atoms with E-state index in [2.05, 4.69) is 15.6 Å². The number of alkyl halides is 1. The number of allylic oxidation sites excluding steroid dienone is 2. The molecule has 1 aliphatic carbocycles. The van der Waals surface area contributed by atoms with Crippen molar-refractivity contribution in [3.63, 3.8) is 0 Å². The molecule has 1 heterocycles. The molecule has 82 valence electrons. The van der Waals surface area contributed by atoms with Crippen LogP contribution in [-0.4, -0.2) is 14.9 Å². The highest BCUT2D eigenvalue weighted by Crippen LogP contribution is 2.23. The zero-order valence-corrected chi connectivity index (χ0v) is 9.87. The Morgan fingerprint density at radius 1 is 1.53 bits per heavy atom. The summed E-state index contributed by atoms with van der Waals surface area (Å²) in [6.07, 6.45) is 11.8. The van der Waals surface area contributed by atoms with Crippen LogP contribution in [0.25, 0.3) is 0 Å². The third-order valence-electron chi connectivity index (χ3n) is 2.95. The van der Waals surface area contributed by atoms with Crippen molar-refractivity contribution in [2.45, 2.75) is 37.5 Å². The Labute approximate surface area is 96.0 Å². The van der Waals surface area contributed by atoms with E-state index in [1.165, 1.54) is 24.8 Å². The summed E-state index contributed by atoms with van der Waals surface area (Å²) in [5.74, 6) is 1.13. The fourth-order valence-electron chi connectivity index (χ4n) is 2.03. The molecule has 1 aromatic heterocycles. The molecule has 1 unspecified atom stereocenters. The first-order valence-electron chi connectivity index (χ1n) is 5.55. The smallest absolute Gasteiger partial charge is 0.112 e. The minimum Gasteiger partial charge on any atom is -0.338 e. The summed E-state index contributed by atoms with van der Waals surface area (Å²) in [5.41, 5.74) is 1.45. The van der Waals surface area contributed by atoms with E-state index >= 15 is 0 Å². The fraction of sp³-hybridized carbons (Fsp3) is 0.583. The van der Waals surface area contributed by atoms with Crippen LogP contribution in [0.2, 0.25) is 0 Å². The first-order valence-corrected chi connectivity index (χ1v) is 5.99. The van der Waals surface area contributed by atoms with E-state index in [1.807, 2.05) is 19.4 Å². The van der Waals surface area contributed by atoms with Gasteiger partial charge in [0.2, 0.25) is 0 Å². The maximum absolute atomic E-state index is 6.19. The quantitative estimate of drug-likeness (QED) is 0.558. The summed E-state index contributed by atoms with van der Waals surface area (Å²) in [7, 11) is 2.04. The number of hydrogen-bond acceptors (Lipinski definition) is 1. The van der Waals surface area contributed by atoms with Gasteiger partial charge in [-0.2, -0.15) is 0 Å². The highest BCUT2D eigenvalue weighted by Gasteiger charge is 2.11. The molecule has 1 atom stereocenters. The third-order valence-corrected chi connectivity index (χ3v) is 3.29. The Balaban J connectivity index is 2.07. The lowest BCUT2D eigenvalue weighted by Gasteiger charge is -2.06.